The summed E-state index contributed by atoms with van der Waals surface area (Å²) in [5, 5.41) is 11.2. The molecule has 0 saturated heterocycles. The Morgan fingerprint density at radius 2 is 2.24 bits per heavy atom. The van der Waals surface area contributed by atoms with E-state index in [4.69, 9.17) is 10.9 Å². The number of nitrogens with two attached hydrogens (primary N) is 1. The summed E-state index contributed by atoms with van der Waals surface area (Å²) in [7, 11) is 1.29. The highest BCUT2D eigenvalue weighted by atomic mass is 19.4. The van der Waals surface area contributed by atoms with Crippen molar-refractivity contribution in [2.75, 3.05) is 18.5 Å². The highest BCUT2D eigenvalue weighted by Crippen LogP contribution is 2.20. The number of amidine groups is 1. The second-order valence-electron chi connectivity index (χ2n) is 3.36. The van der Waals surface area contributed by atoms with Gasteiger partial charge in [-0.25, -0.2) is 0 Å². The fourth-order valence-electron chi connectivity index (χ4n) is 1.21. The second kappa shape index (κ2) is 4.89. The van der Waals surface area contributed by atoms with Crippen molar-refractivity contribution >= 4 is 11.5 Å². The van der Waals surface area contributed by atoms with Crippen LogP contribution in [0.5, 0.6) is 0 Å². The first-order valence-electron chi connectivity index (χ1n) is 4.55. The third-order valence-corrected chi connectivity index (χ3v) is 1.97. The van der Waals surface area contributed by atoms with Gasteiger partial charge in [0.25, 0.3) is 0 Å². The van der Waals surface area contributed by atoms with E-state index >= 15 is 0 Å². The zero-order chi connectivity index (χ0) is 13.1. The summed E-state index contributed by atoms with van der Waals surface area (Å²) in [4.78, 5) is 4.76. The van der Waals surface area contributed by atoms with Crippen LogP contribution in [0.25, 0.3) is 0 Å². The largest absolute Gasteiger partial charge is 0.409 e. The molecule has 0 aliphatic rings. The topological polar surface area (TPSA) is 74.7 Å². The summed E-state index contributed by atoms with van der Waals surface area (Å²) >= 11 is 0. The van der Waals surface area contributed by atoms with E-state index in [9.17, 15) is 13.2 Å². The Morgan fingerprint density at radius 3 is 2.76 bits per heavy atom. The van der Waals surface area contributed by atoms with Crippen LogP contribution >= 0.6 is 0 Å². The lowest BCUT2D eigenvalue weighted by atomic mass is 10.3. The number of rotatable bonds is 3. The Kier molecular flexibility index (Phi) is 3.77. The van der Waals surface area contributed by atoms with Gasteiger partial charge in [0.1, 0.15) is 12.2 Å². The number of hydrogen-bond acceptors (Lipinski definition) is 4. The molecule has 5 nitrogen and oxygen atoms in total. The molecule has 0 saturated carbocycles. The molecular formula is C9H11F3N4O. The van der Waals surface area contributed by atoms with Crippen LogP contribution in [0.2, 0.25) is 0 Å². The average Bonchev–Trinajstić information content (AvgIpc) is 2.26. The third-order valence-electron chi connectivity index (χ3n) is 1.97. The standard InChI is InChI=1S/C9H11F3N4O/c1-16(5-9(10,11)12)6-2-3-14-7(4-6)8(13)15-17/h2-4,17H,5H2,1H3,(H2,13,15). The fourth-order valence-corrected chi connectivity index (χ4v) is 1.21. The lowest BCUT2D eigenvalue weighted by molar-refractivity contribution is -0.119. The number of oxime groups is 1. The van der Waals surface area contributed by atoms with Crippen LogP contribution in [0.4, 0.5) is 18.9 Å². The fraction of sp³-hybridized carbons (Fsp3) is 0.333. The van der Waals surface area contributed by atoms with E-state index < -0.39 is 12.7 Å². The van der Waals surface area contributed by atoms with Gasteiger partial charge in [-0.3, -0.25) is 4.98 Å². The summed E-state index contributed by atoms with van der Waals surface area (Å²) in [6, 6.07) is 2.71. The van der Waals surface area contributed by atoms with Crippen molar-refractivity contribution in [3.63, 3.8) is 0 Å². The molecule has 0 amide bonds. The molecule has 1 rings (SSSR count). The smallest absolute Gasteiger partial charge is 0.405 e. The predicted octanol–water partition coefficient (Wildman–Crippen LogP) is 1.17. The maximum atomic E-state index is 12.2. The van der Waals surface area contributed by atoms with E-state index in [0.717, 1.165) is 4.90 Å². The van der Waals surface area contributed by atoms with Gasteiger partial charge < -0.3 is 15.8 Å². The highest BCUT2D eigenvalue weighted by molar-refractivity contribution is 5.95. The van der Waals surface area contributed by atoms with E-state index in [1.807, 2.05) is 0 Å². The van der Waals surface area contributed by atoms with E-state index in [0.29, 0.717) is 0 Å². The number of alkyl halides is 3. The first-order valence-corrected chi connectivity index (χ1v) is 4.55. The quantitative estimate of drug-likeness (QED) is 0.364. The number of aromatic nitrogens is 1. The molecule has 0 spiro atoms. The van der Waals surface area contributed by atoms with Gasteiger partial charge in [0.15, 0.2) is 5.84 Å². The van der Waals surface area contributed by atoms with Crippen molar-refractivity contribution in [1.29, 1.82) is 0 Å². The first kappa shape index (κ1) is 13.1. The SMILES string of the molecule is CN(CC(F)(F)F)c1ccnc(C(N)=NO)c1. The van der Waals surface area contributed by atoms with Crippen LogP contribution < -0.4 is 10.6 Å². The van der Waals surface area contributed by atoms with Gasteiger partial charge in [0, 0.05) is 18.9 Å². The molecule has 0 aliphatic heterocycles. The Hall–Kier alpha value is -1.99. The molecule has 94 valence electrons. The molecule has 0 aromatic carbocycles. The molecule has 0 unspecified atom stereocenters. The summed E-state index contributed by atoms with van der Waals surface area (Å²) in [6.45, 7) is -1.09. The molecule has 0 atom stereocenters. The lowest BCUT2D eigenvalue weighted by Crippen LogP contribution is -2.31. The number of hydrogen-bond donors (Lipinski definition) is 2. The molecule has 8 heteroatoms. The predicted molar refractivity (Wildman–Crippen MR) is 56.1 cm³/mol. The van der Waals surface area contributed by atoms with Crippen LogP contribution in [0, 0.1) is 0 Å². The van der Waals surface area contributed by atoms with E-state index in [1.165, 1.54) is 25.4 Å². The van der Waals surface area contributed by atoms with Crippen LogP contribution in [0.3, 0.4) is 0 Å². The molecule has 0 fully saturated rings. The second-order valence-corrected chi connectivity index (χ2v) is 3.36. The number of nitrogens with zero attached hydrogens (tertiary/aromatic N) is 3. The molecule has 1 aromatic rings. The van der Waals surface area contributed by atoms with Crippen LogP contribution in [-0.4, -0.2) is 35.8 Å². The summed E-state index contributed by atoms with van der Waals surface area (Å²) in [6.07, 6.45) is -3.01. The monoisotopic (exact) mass is 248 g/mol. The minimum Gasteiger partial charge on any atom is -0.409 e. The van der Waals surface area contributed by atoms with E-state index in [1.54, 1.807) is 0 Å². The molecule has 1 heterocycles. The summed E-state index contributed by atoms with van der Waals surface area (Å²) < 4.78 is 36.5. The first-order chi connectivity index (χ1) is 7.83. The van der Waals surface area contributed by atoms with Gasteiger partial charge in [-0.05, 0) is 12.1 Å². The van der Waals surface area contributed by atoms with Crippen LogP contribution in [-0.2, 0) is 0 Å². The van der Waals surface area contributed by atoms with Crippen LogP contribution in [0.1, 0.15) is 5.69 Å². The normalized spacial score (nSPS) is 12.6. The minimum absolute atomic E-state index is 0.110. The van der Waals surface area contributed by atoms with E-state index in [2.05, 4.69) is 10.1 Å². The number of halogens is 3. The van der Waals surface area contributed by atoms with Gasteiger partial charge in [0.05, 0.1) is 0 Å². The molecule has 1 aromatic heterocycles. The van der Waals surface area contributed by atoms with Gasteiger partial charge >= 0.3 is 6.18 Å². The van der Waals surface area contributed by atoms with Crippen molar-refractivity contribution in [2.45, 2.75) is 6.18 Å². The van der Waals surface area contributed by atoms with Crippen molar-refractivity contribution in [1.82, 2.24) is 4.98 Å². The number of anilines is 1. The van der Waals surface area contributed by atoms with Crippen molar-refractivity contribution in [3.05, 3.63) is 24.0 Å². The molecule has 0 bridgehead atoms. The Morgan fingerprint density at radius 1 is 1.59 bits per heavy atom. The molecular weight excluding hydrogens is 237 g/mol. The van der Waals surface area contributed by atoms with E-state index in [-0.39, 0.29) is 17.2 Å². The Balaban J connectivity index is 2.92. The van der Waals surface area contributed by atoms with Crippen molar-refractivity contribution in [2.24, 2.45) is 10.9 Å². The zero-order valence-corrected chi connectivity index (χ0v) is 8.94. The third kappa shape index (κ3) is 3.82. The highest BCUT2D eigenvalue weighted by Gasteiger charge is 2.29. The van der Waals surface area contributed by atoms with Gasteiger partial charge in [0.2, 0.25) is 0 Å². The molecule has 17 heavy (non-hydrogen) atoms. The van der Waals surface area contributed by atoms with Crippen molar-refractivity contribution in [3.8, 4) is 0 Å². The minimum atomic E-state index is -4.30. The Bertz CT molecular complexity index is 419. The van der Waals surface area contributed by atoms with Gasteiger partial charge in [-0.2, -0.15) is 13.2 Å². The number of pyridine rings is 1. The lowest BCUT2D eigenvalue weighted by Gasteiger charge is -2.21. The van der Waals surface area contributed by atoms with Gasteiger partial charge in [-0.15, -0.1) is 0 Å². The van der Waals surface area contributed by atoms with Crippen molar-refractivity contribution < 1.29 is 18.4 Å². The van der Waals surface area contributed by atoms with Crippen LogP contribution in [0.15, 0.2) is 23.5 Å². The zero-order valence-electron chi connectivity index (χ0n) is 8.94. The molecule has 0 aliphatic carbocycles. The molecule has 3 N–H and O–H groups in total. The maximum absolute atomic E-state index is 12.2. The summed E-state index contributed by atoms with van der Waals surface area (Å²) in [5.74, 6) is -0.257. The maximum Gasteiger partial charge on any atom is 0.405 e. The van der Waals surface area contributed by atoms with Gasteiger partial charge in [-0.1, -0.05) is 5.16 Å². The summed E-state index contributed by atoms with van der Waals surface area (Å²) in [5.41, 5.74) is 5.67. The molecule has 0 radical (unpaired) electrons. The Labute approximate surface area is 95.4 Å². The average molecular weight is 248 g/mol.